The Balaban J connectivity index is 1.81. The van der Waals surface area contributed by atoms with E-state index < -0.39 is 0 Å². The molecule has 1 aromatic heterocycles. The van der Waals surface area contributed by atoms with Crippen LogP contribution in [0.1, 0.15) is 29.4 Å². The SMILES string of the molecule is COC(=O)C(C)Cc1cc2cc(C#Cc3ccc(C)cc3)ccc2o1. The van der Waals surface area contributed by atoms with Crippen molar-refractivity contribution < 1.29 is 13.9 Å². The van der Waals surface area contributed by atoms with Gasteiger partial charge in [0.1, 0.15) is 11.3 Å². The van der Waals surface area contributed by atoms with Crippen molar-refractivity contribution in [3.8, 4) is 11.8 Å². The summed E-state index contributed by atoms with van der Waals surface area (Å²) in [7, 11) is 1.40. The van der Waals surface area contributed by atoms with Gasteiger partial charge in [0.2, 0.25) is 0 Å². The molecule has 3 aromatic rings. The molecule has 0 N–H and O–H groups in total. The first kappa shape index (κ1) is 16.9. The predicted octanol–water partition coefficient (Wildman–Crippen LogP) is 4.49. The van der Waals surface area contributed by atoms with Gasteiger partial charge in [-0.1, -0.05) is 36.5 Å². The van der Waals surface area contributed by atoms with Crippen molar-refractivity contribution in [2.75, 3.05) is 7.11 Å². The number of rotatable bonds is 3. The summed E-state index contributed by atoms with van der Waals surface area (Å²) in [5.41, 5.74) is 3.94. The van der Waals surface area contributed by atoms with E-state index in [0.717, 1.165) is 27.9 Å². The number of ether oxygens (including phenoxy) is 1. The quantitative estimate of drug-likeness (QED) is 0.524. The number of carbonyl (C=O) groups is 1. The van der Waals surface area contributed by atoms with E-state index in [1.807, 2.05) is 43.3 Å². The molecule has 126 valence electrons. The Hall–Kier alpha value is -2.99. The zero-order valence-corrected chi connectivity index (χ0v) is 14.6. The van der Waals surface area contributed by atoms with Gasteiger partial charge in [-0.15, -0.1) is 0 Å². The number of esters is 1. The van der Waals surface area contributed by atoms with Crippen LogP contribution in [0.4, 0.5) is 0 Å². The Bertz CT molecular complexity index is 952. The normalized spacial score (nSPS) is 11.6. The minimum Gasteiger partial charge on any atom is -0.469 e. The van der Waals surface area contributed by atoms with E-state index in [1.165, 1.54) is 12.7 Å². The van der Waals surface area contributed by atoms with Crippen molar-refractivity contribution in [3.05, 3.63) is 71.0 Å². The molecule has 0 amide bonds. The number of hydrogen-bond acceptors (Lipinski definition) is 3. The monoisotopic (exact) mass is 332 g/mol. The molecule has 0 radical (unpaired) electrons. The van der Waals surface area contributed by atoms with Crippen LogP contribution in [0.3, 0.4) is 0 Å². The Morgan fingerprint density at radius 3 is 2.48 bits per heavy atom. The van der Waals surface area contributed by atoms with E-state index in [-0.39, 0.29) is 11.9 Å². The smallest absolute Gasteiger partial charge is 0.308 e. The predicted molar refractivity (Wildman–Crippen MR) is 98.3 cm³/mol. The molecule has 0 aliphatic rings. The molecule has 1 atom stereocenters. The van der Waals surface area contributed by atoms with Gasteiger partial charge in [-0.3, -0.25) is 4.79 Å². The van der Waals surface area contributed by atoms with E-state index in [0.29, 0.717) is 6.42 Å². The van der Waals surface area contributed by atoms with Crippen molar-refractivity contribution in [2.45, 2.75) is 20.3 Å². The van der Waals surface area contributed by atoms with E-state index in [4.69, 9.17) is 9.15 Å². The molecular formula is C22H20O3. The van der Waals surface area contributed by atoms with Crippen molar-refractivity contribution in [3.63, 3.8) is 0 Å². The highest BCUT2D eigenvalue weighted by atomic mass is 16.5. The summed E-state index contributed by atoms with van der Waals surface area (Å²) in [5.74, 6) is 6.67. The summed E-state index contributed by atoms with van der Waals surface area (Å²) in [5, 5.41) is 0.989. The second-order valence-corrected chi connectivity index (χ2v) is 6.21. The average molecular weight is 332 g/mol. The van der Waals surface area contributed by atoms with Crippen LogP contribution in [-0.4, -0.2) is 13.1 Å². The molecule has 0 aliphatic heterocycles. The lowest BCUT2D eigenvalue weighted by Gasteiger charge is -2.05. The van der Waals surface area contributed by atoms with Crippen LogP contribution in [-0.2, 0) is 16.0 Å². The molecular weight excluding hydrogens is 312 g/mol. The molecule has 0 saturated carbocycles. The van der Waals surface area contributed by atoms with Crippen molar-refractivity contribution >= 4 is 16.9 Å². The largest absolute Gasteiger partial charge is 0.469 e. The lowest BCUT2D eigenvalue weighted by atomic mass is 10.1. The zero-order valence-electron chi connectivity index (χ0n) is 14.6. The van der Waals surface area contributed by atoms with Crippen molar-refractivity contribution in [1.82, 2.24) is 0 Å². The highest BCUT2D eigenvalue weighted by Gasteiger charge is 2.16. The Kier molecular flexibility index (Phi) is 4.90. The third kappa shape index (κ3) is 4.10. The molecule has 25 heavy (non-hydrogen) atoms. The molecule has 0 aliphatic carbocycles. The van der Waals surface area contributed by atoms with Gasteiger partial charge in [0, 0.05) is 22.9 Å². The summed E-state index contributed by atoms with van der Waals surface area (Å²) >= 11 is 0. The van der Waals surface area contributed by atoms with Crippen molar-refractivity contribution in [1.29, 1.82) is 0 Å². The number of aryl methyl sites for hydroxylation is 1. The first-order chi connectivity index (χ1) is 12.0. The molecule has 3 nitrogen and oxygen atoms in total. The van der Waals surface area contributed by atoms with Gasteiger partial charge in [-0.2, -0.15) is 0 Å². The first-order valence-electron chi connectivity index (χ1n) is 8.24. The molecule has 3 rings (SSSR count). The second kappa shape index (κ2) is 7.27. The van der Waals surface area contributed by atoms with Crippen LogP contribution < -0.4 is 0 Å². The maximum Gasteiger partial charge on any atom is 0.308 e. The maximum absolute atomic E-state index is 11.5. The van der Waals surface area contributed by atoms with Gasteiger partial charge in [0.05, 0.1) is 13.0 Å². The highest BCUT2D eigenvalue weighted by molar-refractivity contribution is 5.80. The standard InChI is InChI=1S/C22H20O3/c1-15-4-6-17(7-5-15)8-9-18-10-11-21-19(13-18)14-20(25-21)12-16(2)22(23)24-3/h4-7,10-11,13-14,16H,12H2,1-3H3. The molecule has 0 saturated heterocycles. The van der Waals surface area contributed by atoms with Gasteiger partial charge >= 0.3 is 5.97 Å². The van der Waals surface area contributed by atoms with Gasteiger partial charge in [0.15, 0.2) is 0 Å². The minimum absolute atomic E-state index is 0.230. The number of fused-ring (bicyclic) bond motifs is 1. The maximum atomic E-state index is 11.5. The minimum atomic E-state index is -0.231. The lowest BCUT2D eigenvalue weighted by molar-refractivity contribution is -0.144. The fourth-order valence-corrected chi connectivity index (χ4v) is 2.64. The molecule has 0 fully saturated rings. The fourth-order valence-electron chi connectivity index (χ4n) is 2.64. The summed E-state index contributed by atoms with van der Waals surface area (Å²) in [6.07, 6.45) is 0.520. The van der Waals surface area contributed by atoms with E-state index in [2.05, 4.69) is 30.9 Å². The van der Waals surface area contributed by atoms with Gasteiger partial charge < -0.3 is 9.15 Å². The van der Waals surface area contributed by atoms with Gasteiger partial charge in [-0.25, -0.2) is 0 Å². The third-order valence-electron chi connectivity index (χ3n) is 4.08. The van der Waals surface area contributed by atoms with Crippen molar-refractivity contribution in [2.24, 2.45) is 5.92 Å². The first-order valence-corrected chi connectivity index (χ1v) is 8.24. The Morgan fingerprint density at radius 2 is 1.76 bits per heavy atom. The summed E-state index contributed by atoms with van der Waals surface area (Å²) in [6, 6.07) is 16.0. The average Bonchev–Trinajstić information content (AvgIpc) is 3.01. The van der Waals surface area contributed by atoms with E-state index in [1.54, 1.807) is 0 Å². The molecule has 2 aromatic carbocycles. The Labute approximate surface area is 147 Å². The van der Waals surface area contributed by atoms with Crippen LogP contribution >= 0.6 is 0 Å². The van der Waals surface area contributed by atoms with Crippen LogP contribution in [0.25, 0.3) is 11.0 Å². The third-order valence-corrected chi connectivity index (χ3v) is 4.08. The summed E-state index contributed by atoms with van der Waals surface area (Å²) in [6.45, 7) is 3.89. The van der Waals surface area contributed by atoms with Crippen LogP contribution in [0.5, 0.6) is 0 Å². The molecule has 0 spiro atoms. The summed E-state index contributed by atoms with van der Waals surface area (Å²) < 4.78 is 10.6. The number of carbonyl (C=O) groups excluding carboxylic acids is 1. The Morgan fingerprint density at radius 1 is 1.08 bits per heavy atom. The fraction of sp³-hybridized carbons (Fsp3) is 0.227. The van der Waals surface area contributed by atoms with E-state index in [9.17, 15) is 4.79 Å². The van der Waals surface area contributed by atoms with Crippen LogP contribution in [0.2, 0.25) is 0 Å². The molecule has 1 heterocycles. The van der Waals surface area contributed by atoms with Gasteiger partial charge in [0.25, 0.3) is 0 Å². The topological polar surface area (TPSA) is 39.4 Å². The number of furan rings is 1. The number of methoxy groups -OCH3 is 1. The van der Waals surface area contributed by atoms with E-state index >= 15 is 0 Å². The molecule has 1 unspecified atom stereocenters. The van der Waals surface area contributed by atoms with Crippen LogP contribution in [0, 0.1) is 24.7 Å². The second-order valence-electron chi connectivity index (χ2n) is 6.21. The lowest BCUT2D eigenvalue weighted by Crippen LogP contribution is -2.14. The summed E-state index contributed by atoms with van der Waals surface area (Å²) in [4.78, 5) is 11.5. The molecule has 0 bridgehead atoms. The number of hydrogen-bond donors (Lipinski definition) is 0. The highest BCUT2D eigenvalue weighted by Crippen LogP contribution is 2.23. The molecule has 3 heteroatoms. The van der Waals surface area contributed by atoms with Gasteiger partial charge in [-0.05, 0) is 43.3 Å². The zero-order chi connectivity index (χ0) is 17.8. The number of benzene rings is 2. The van der Waals surface area contributed by atoms with Crippen LogP contribution in [0.15, 0.2) is 52.9 Å².